The van der Waals surface area contributed by atoms with Crippen LogP contribution in [0.2, 0.25) is 0 Å². The SMILES string of the molecule is COc1ccccc1Oc1cc(-c2cccc(C(=O)NC3CCCC3)c2)ncn1. The smallest absolute Gasteiger partial charge is 0.251 e. The highest BCUT2D eigenvalue weighted by Gasteiger charge is 2.18. The number of para-hydroxylation sites is 2. The predicted octanol–water partition coefficient (Wildman–Crippen LogP) is 4.62. The third-order valence-corrected chi connectivity index (χ3v) is 5.04. The third-order valence-electron chi connectivity index (χ3n) is 5.04. The van der Waals surface area contributed by atoms with Gasteiger partial charge in [0.1, 0.15) is 6.33 Å². The van der Waals surface area contributed by atoms with Crippen molar-refractivity contribution in [3.63, 3.8) is 0 Å². The van der Waals surface area contributed by atoms with Crippen LogP contribution in [0.5, 0.6) is 17.4 Å². The number of methoxy groups -OCH3 is 1. The minimum absolute atomic E-state index is 0.0432. The highest BCUT2D eigenvalue weighted by atomic mass is 16.5. The maximum atomic E-state index is 12.6. The number of nitrogens with one attached hydrogen (secondary N) is 1. The minimum atomic E-state index is -0.0432. The van der Waals surface area contributed by atoms with E-state index >= 15 is 0 Å². The molecule has 148 valence electrons. The van der Waals surface area contributed by atoms with Gasteiger partial charge in [0.2, 0.25) is 5.88 Å². The molecule has 1 heterocycles. The van der Waals surface area contributed by atoms with Gasteiger partial charge in [-0.15, -0.1) is 0 Å². The summed E-state index contributed by atoms with van der Waals surface area (Å²) >= 11 is 0. The average molecular weight is 389 g/mol. The summed E-state index contributed by atoms with van der Waals surface area (Å²) in [6.45, 7) is 0. The minimum Gasteiger partial charge on any atom is -0.493 e. The van der Waals surface area contributed by atoms with Crippen molar-refractivity contribution >= 4 is 5.91 Å². The second-order valence-corrected chi connectivity index (χ2v) is 7.03. The van der Waals surface area contributed by atoms with Crippen LogP contribution >= 0.6 is 0 Å². The van der Waals surface area contributed by atoms with E-state index in [1.54, 1.807) is 13.2 Å². The van der Waals surface area contributed by atoms with Gasteiger partial charge in [-0.05, 0) is 37.1 Å². The molecule has 1 amide bonds. The second-order valence-electron chi connectivity index (χ2n) is 7.03. The fourth-order valence-corrected chi connectivity index (χ4v) is 3.53. The van der Waals surface area contributed by atoms with Crippen LogP contribution < -0.4 is 14.8 Å². The standard InChI is InChI=1S/C23H23N3O3/c1-28-20-11-4-5-12-21(20)29-22-14-19(24-15-25-22)16-7-6-8-17(13-16)23(27)26-18-9-2-3-10-18/h4-8,11-15,18H,2-3,9-10H2,1H3,(H,26,27). The Morgan fingerprint density at radius 3 is 2.59 bits per heavy atom. The molecular formula is C23H23N3O3. The quantitative estimate of drug-likeness (QED) is 0.666. The van der Waals surface area contributed by atoms with Gasteiger partial charge in [-0.1, -0.05) is 37.1 Å². The van der Waals surface area contributed by atoms with Crippen LogP contribution in [0.25, 0.3) is 11.3 Å². The Morgan fingerprint density at radius 2 is 1.79 bits per heavy atom. The molecule has 0 spiro atoms. The number of hydrogen-bond acceptors (Lipinski definition) is 5. The van der Waals surface area contributed by atoms with Crippen molar-refractivity contribution in [2.24, 2.45) is 0 Å². The van der Waals surface area contributed by atoms with Crippen LogP contribution in [0.15, 0.2) is 60.9 Å². The zero-order chi connectivity index (χ0) is 20.1. The summed E-state index contributed by atoms with van der Waals surface area (Å²) < 4.78 is 11.2. The molecule has 1 fully saturated rings. The Labute approximate surface area is 169 Å². The number of nitrogens with zero attached hydrogens (tertiary/aromatic N) is 2. The summed E-state index contributed by atoms with van der Waals surface area (Å²) in [6.07, 6.45) is 5.93. The Kier molecular flexibility index (Phi) is 5.70. The van der Waals surface area contributed by atoms with Crippen LogP contribution in [0, 0.1) is 0 Å². The molecule has 0 saturated heterocycles. The van der Waals surface area contributed by atoms with E-state index in [4.69, 9.17) is 9.47 Å². The Bertz CT molecular complexity index is 1000. The van der Waals surface area contributed by atoms with E-state index in [9.17, 15) is 4.79 Å². The van der Waals surface area contributed by atoms with Crippen molar-refractivity contribution in [3.05, 3.63) is 66.5 Å². The van der Waals surface area contributed by atoms with Crippen molar-refractivity contribution in [2.45, 2.75) is 31.7 Å². The molecule has 1 N–H and O–H groups in total. The van der Waals surface area contributed by atoms with Gasteiger partial charge in [-0.2, -0.15) is 0 Å². The Hall–Kier alpha value is -3.41. The maximum absolute atomic E-state index is 12.6. The van der Waals surface area contributed by atoms with Gasteiger partial charge >= 0.3 is 0 Å². The summed E-state index contributed by atoms with van der Waals surface area (Å²) in [7, 11) is 1.59. The van der Waals surface area contributed by atoms with Gasteiger partial charge in [0.15, 0.2) is 11.5 Å². The molecule has 0 radical (unpaired) electrons. The number of amides is 1. The predicted molar refractivity (Wildman–Crippen MR) is 110 cm³/mol. The Balaban J connectivity index is 1.54. The lowest BCUT2D eigenvalue weighted by molar-refractivity contribution is 0.0938. The summed E-state index contributed by atoms with van der Waals surface area (Å²) in [5.74, 6) is 1.56. The molecule has 0 unspecified atom stereocenters. The maximum Gasteiger partial charge on any atom is 0.251 e. The van der Waals surface area contributed by atoms with Crippen molar-refractivity contribution in [3.8, 4) is 28.6 Å². The molecule has 6 heteroatoms. The zero-order valence-electron chi connectivity index (χ0n) is 16.3. The van der Waals surface area contributed by atoms with Crippen LogP contribution in [-0.4, -0.2) is 29.0 Å². The van der Waals surface area contributed by atoms with E-state index in [2.05, 4.69) is 15.3 Å². The summed E-state index contributed by atoms with van der Waals surface area (Å²) in [5.41, 5.74) is 2.14. The molecule has 0 atom stereocenters. The molecule has 1 aliphatic rings. The highest BCUT2D eigenvalue weighted by Crippen LogP contribution is 2.31. The van der Waals surface area contributed by atoms with E-state index in [0.29, 0.717) is 28.6 Å². The second kappa shape index (κ2) is 8.73. The van der Waals surface area contributed by atoms with Crippen molar-refractivity contribution < 1.29 is 14.3 Å². The lowest BCUT2D eigenvalue weighted by Crippen LogP contribution is -2.32. The number of aromatic nitrogens is 2. The average Bonchev–Trinajstić information content (AvgIpc) is 3.27. The molecule has 1 aromatic heterocycles. The van der Waals surface area contributed by atoms with Gasteiger partial charge in [0.25, 0.3) is 5.91 Å². The van der Waals surface area contributed by atoms with E-state index in [0.717, 1.165) is 18.4 Å². The Morgan fingerprint density at radius 1 is 1.00 bits per heavy atom. The molecule has 0 aliphatic heterocycles. The van der Waals surface area contributed by atoms with Crippen LogP contribution in [-0.2, 0) is 0 Å². The highest BCUT2D eigenvalue weighted by molar-refractivity contribution is 5.95. The van der Waals surface area contributed by atoms with E-state index in [1.165, 1.54) is 19.2 Å². The van der Waals surface area contributed by atoms with Crippen molar-refractivity contribution in [1.29, 1.82) is 0 Å². The van der Waals surface area contributed by atoms with Gasteiger partial charge < -0.3 is 14.8 Å². The fraction of sp³-hybridized carbons (Fsp3) is 0.261. The van der Waals surface area contributed by atoms with Crippen molar-refractivity contribution in [2.75, 3.05) is 7.11 Å². The molecule has 3 aromatic rings. The largest absolute Gasteiger partial charge is 0.493 e. The summed E-state index contributed by atoms with van der Waals surface area (Å²) in [4.78, 5) is 21.1. The first-order valence-electron chi connectivity index (χ1n) is 9.77. The molecule has 6 nitrogen and oxygen atoms in total. The van der Waals surface area contributed by atoms with Gasteiger partial charge in [0, 0.05) is 23.2 Å². The number of rotatable bonds is 6. The first kappa shape index (κ1) is 18.9. The number of carbonyl (C=O) groups is 1. The molecule has 1 saturated carbocycles. The van der Waals surface area contributed by atoms with E-state index in [-0.39, 0.29) is 11.9 Å². The lowest BCUT2D eigenvalue weighted by atomic mass is 10.1. The molecule has 4 rings (SSSR count). The van der Waals surface area contributed by atoms with Gasteiger partial charge in [-0.3, -0.25) is 4.79 Å². The van der Waals surface area contributed by atoms with E-state index in [1.807, 2.05) is 48.5 Å². The van der Waals surface area contributed by atoms with Crippen LogP contribution in [0.1, 0.15) is 36.0 Å². The number of carbonyl (C=O) groups excluding carboxylic acids is 1. The number of hydrogen-bond donors (Lipinski definition) is 1. The van der Waals surface area contributed by atoms with Gasteiger partial charge in [0.05, 0.1) is 12.8 Å². The van der Waals surface area contributed by atoms with Gasteiger partial charge in [-0.25, -0.2) is 9.97 Å². The molecule has 29 heavy (non-hydrogen) atoms. The lowest BCUT2D eigenvalue weighted by Gasteiger charge is -2.12. The van der Waals surface area contributed by atoms with E-state index < -0.39 is 0 Å². The van der Waals surface area contributed by atoms with Crippen LogP contribution in [0.3, 0.4) is 0 Å². The number of benzene rings is 2. The summed E-state index contributed by atoms with van der Waals surface area (Å²) in [6, 6.07) is 16.9. The third kappa shape index (κ3) is 4.54. The zero-order valence-corrected chi connectivity index (χ0v) is 16.3. The normalized spacial score (nSPS) is 13.8. The molecular weight excluding hydrogens is 366 g/mol. The molecule has 2 aromatic carbocycles. The van der Waals surface area contributed by atoms with Crippen LogP contribution in [0.4, 0.5) is 0 Å². The fourth-order valence-electron chi connectivity index (χ4n) is 3.53. The number of ether oxygens (including phenoxy) is 2. The first-order valence-corrected chi connectivity index (χ1v) is 9.77. The monoisotopic (exact) mass is 389 g/mol. The molecule has 0 bridgehead atoms. The molecule has 1 aliphatic carbocycles. The van der Waals surface area contributed by atoms with Crippen molar-refractivity contribution in [1.82, 2.24) is 15.3 Å². The summed E-state index contributed by atoms with van der Waals surface area (Å²) in [5, 5.41) is 3.12. The first-order chi connectivity index (χ1) is 14.2. The topological polar surface area (TPSA) is 73.3 Å².